The van der Waals surface area contributed by atoms with E-state index in [0.717, 1.165) is 11.1 Å². The van der Waals surface area contributed by atoms with E-state index in [-0.39, 0.29) is 11.6 Å². The van der Waals surface area contributed by atoms with Crippen LogP contribution in [-0.4, -0.2) is 11.8 Å². The van der Waals surface area contributed by atoms with Crippen molar-refractivity contribution in [1.82, 2.24) is 5.32 Å². The first-order chi connectivity index (χ1) is 13.5. The minimum atomic E-state index is -0.424. The van der Waals surface area contributed by atoms with Crippen LogP contribution in [0.4, 0.5) is 5.69 Å². The smallest absolute Gasteiger partial charge is 0.272 e. The van der Waals surface area contributed by atoms with Crippen LogP contribution in [0, 0.1) is 6.92 Å². The van der Waals surface area contributed by atoms with Gasteiger partial charge in [-0.25, -0.2) is 0 Å². The number of aryl methyl sites for hydroxylation is 1. The van der Waals surface area contributed by atoms with Gasteiger partial charge in [0.05, 0.1) is 0 Å². The van der Waals surface area contributed by atoms with Crippen LogP contribution in [0.1, 0.15) is 21.5 Å². The maximum absolute atomic E-state index is 12.8. The van der Waals surface area contributed by atoms with Crippen molar-refractivity contribution in [2.75, 3.05) is 5.32 Å². The second-order valence-electron chi connectivity index (χ2n) is 6.25. The van der Waals surface area contributed by atoms with Gasteiger partial charge in [0.2, 0.25) is 0 Å². The molecule has 0 atom stereocenters. The Morgan fingerprint density at radius 2 is 1.50 bits per heavy atom. The summed E-state index contributed by atoms with van der Waals surface area (Å²) in [7, 11) is 0. The molecule has 140 valence electrons. The monoisotopic (exact) mass is 390 g/mol. The van der Waals surface area contributed by atoms with E-state index in [4.69, 9.17) is 11.6 Å². The second-order valence-corrected chi connectivity index (χ2v) is 6.69. The molecule has 0 aliphatic heterocycles. The highest BCUT2D eigenvalue weighted by Crippen LogP contribution is 2.15. The van der Waals surface area contributed by atoms with Gasteiger partial charge in [0.25, 0.3) is 11.8 Å². The molecule has 0 aromatic heterocycles. The fourth-order valence-corrected chi connectivity index (χ4v) is 2.63. The molecule has 0 heterocycles. The zero-order valence-electron chi connectivity index (χ0n) is 15.3. The zero-order chi connectivity index (χ0) is 19.9. The van der Waals surface area contributed by atoms with Gasteiger partial charge in [0.1, 0.15) is 5.70 Å². The Kier molecular flexibility index (Phi) is 6.25. The molecule has 0 saturated carbocycles. The Balaban J connectivity index is 1.85. The van der Waals surface area contributed by atoms with E-state index < -0.39 is 5.91 Å². The Morgan fingerprint density at radius 1 is 0.857 bits per heavy atom. The largest absolute Gasteiger partial charge is 0.321 e. The van der Waals surface area contributed by atoms with Crippen molar-refractivity contribution in [1.29, 1.82) is 0 Å². The molecule has 2 N–H and O–H groups in total. The molecule has 0 fully saturated rings. The number of benzene rings is 3. The molecule has 0 aliphatic carbocycles. The van der Waals surface area contributed by atoms with Crippen LogP contribution in [0.2, 0.25) is 5.02 Å². The number of anilines is 1. The number of rotatable bonds is 5. The van der Waals surface area contributed by atoms with Crippen LogP contribution in [0.3, 0.4) is 0 Å². The molecule has 5 heteroatoms. The lowest BCUT2D eigenvalue weighted by Crippen LogP contribution is -2.30. The van der Waals surface area contributed by atoms with E-state index in [1.165, 1.54) is 0 Å². The van der Waals surface area contributed by atoms with Crippen LogP contribution >= 0.6 is 11.6 Å². The summed E-state index contributed by atoms with van der Waals surface area (Å²) in [5.74, 6) is -0.778. The summed E-state index contributed by atoms with van der Waals surface area (Å²) in [6, 6.07) is 23.2. The van der Waals surface area contributed by atoms with Gasteiger partial charge in [-0.15, -0.1) is 0 Å². The first-order valence-electron chi connectivity index (χ1n) is 8.73. The fourth-order valence-electron chi connectivity index (χ4n) is 2.51. The normalized spacial score (nSPS) is 11.0. The number of hydrogen-bond donors (Lipinski definition) is 2. The Labute approximate surface area is 168 Å². The standard InChI is InChI=1S/C23H19ClN2O2/c1-16-7-9-18(10-8-16)22(27)26-21(15-17-5-3-2-4-6-17)23(28)25-20-13-11-19(24)12-14-20/h2-15H,1H3,(H,25,28)(H,26,27). The average molecular weight is 391 g/mol. The van der Waals surface area contributed by atoms with Crippen molar-refractivity contribution in [3.63, 3.8) is 0 Å². The van der Waals surface area contributed by atoms with Crippen LogP contribution in [0.25, 0.3) is 6.08 Å². The van der Waals surface area contributed by atoms with Crippen molar-refractivity contribution >= 4 is 35.2 Å². The highest BCUT2D eigenvalue weighted by atomic mass is 35.5. The summed E-state index contributed by atoms with van der Waals surface area (Å²) >= 11 is 5.88. The van der Waals surface area contributed by atoms with E-state index >= 15 is 0 Å². The van der Waals surface area contributed by atoms with Gasteiger partial charge in [-0.1, -0.05) is 59.6 Å². The third-order valence-electron chi connectivity index (χ3n) is 4.02. The van der Waals surface area contributed by atoms with Crippen LogP contribution in [0.15, 0.2) is 84.6 Å². The number of amides is 2. The Hall–Kier alpha value is -3.37. The molecule has 3 aromatic carbocycles. The van der Waals surface area contributed by atoms with Gasteiger partial charge in [-0.2, -0.15) is 0 Å². The van der Waals surface area contributed by atoms with Crippen LogP contribution < -0.4 is 10.6 Å². The van der Waals surface area contributed by atoms with Crippen LogP contribution in [0.5, 0.6) is 0 Å². The number of carbonyl (C=O) groups is 2. The Morgan fingerprint density at radius 3 is 2.14 bits per heavy atom. The SMILES string of the molecule is Cc1ccc(C(=O)NC(=Cc2ccccc2)C(=O)Nc2ccc(Cl)cc2)cc1. The number of carbonyl (C=O) groups excluding carboxylic acids is 2. The quantitative estimate of drug-likeness (QED) is 0.598. The predicted octanol–water partition coefficient (Wildman–Crippen LogP) is 5.06. The highest BCUT2D eigenvalue weighted by Gasteiger charge is 2.15. The van der Waals surface area contributed by atoms with Crippen molar-refractivity contribution in [2.45, 2.75) is 6.92 Å². The molecule has 3 aromatic rings. The Bertz CT molecular complexity index is 995. The van der Waals surface area contributed by atoms with Gasteiger partial charge in [0.15, 0.2) is 0 Å². The predicted molar refractivity (Wildman–Crippen MR) is 113 cm³/mol. The molecule has 0 unspecified atom stereocenters. The van der Waals surface area contributed by atoms with Gasteiger partial charge in [-0.05, 0) is 55.0 Å². The lowest BCUT2D eigenvalue weighted by molar-refractivity contribution is -0.113. The van der Waals surface area contributed by atoms with E-state index in [1.54, 1.807) is 42.5 Å². The summed E-state index contributed by atoms with van der Waals surface area (Å²) in [6.45, 7) is 1.95. The highest BCUT2D eigenvalue weighted by molar-refractivity contribution is 6.30. The van der Waals surface area contributed by atoms with E-state index in [9.17, 15) is 9.59 Å². The van der Waals surface area contributed by atoms with Crippen molar-refractivity contribution < 1.29 is 9.59 Å². The third kappa shape index (κ3) is 5.32. The molecule has 3 rings (SSSR count). The van der Waals surface area contributed by atoms with Crippen molar-refractivity contribution in [3.8, 4) is 0 Å². The second kappa shape index (κ2) is 9.02. The molecule has 28 heavy (non-hydrogen) atoms. The summed E-state index contributed by atoms with van der Waals surface area (Å²) in [6.07, 6.45) is 1.64. The van der Waals surface area contributed by atoms with Crippen molar-refractivity contribution in [2.24, 2.45) is 0 Å². The number of nitrogens with one attached hydrogen (secondary N) is 2. The molecule has 0 bridgehead atoms. The summed E-state index contributed by atoms with van der Waals surface area (Å²) in [4.78, 5) is 25.4. The fraction of sp³-hybridized carbons (Fsp3) is 0.0435. The number of hydrogen-bond acceptors (Lipinski definition) is 2. The van der Waals surface area contributed by atoms with E-state index in [0.29, 0.717) is 16.3 Å². The summed E-state index contributed by atoms with van der Waals surface area (Å²) < 4.78 is 0. The lowest BCUT2D eigenvalue weighted by Gasteiger charge is -2.11. The maximum Gasteiger partial charge on any atom is 0.272 e. The van der Waals surface area contributed by atoms with Gasteiger partial charge >= 0.3 is 0 Å². The molecule has 0 radical (unpaired) electrons. The molecule has 0 spiro atoms. The summed E-state index contributed by atoms with van der Waals surface area (Å²) in [5.41, 5.74) is 3.05. The maximum atomic E-state index is 12.8. The van der Waals surface area contributed by atoms with Crippen molar-refractivity contribution in [3.05, 3.63) is 106 Å². The van der Waals surface area contributed by atoms with E-state index in [2.05, 4.69) is 10.6 Å². The lowest BCUT2D eigenvalue weighted by atomic mass is 10.1. The molecule has 4 nitrogen and oxygen atoms in total. The first kappa shape index (κ1) is 19.4. The molecule has 0 aliphatic rings. The zero-order valence-corrected chi connectivity index (χ0v) is 16.0. The summed E-state index contributed by atoms with van der Waals surface area (Å²) in [5, 5.41) is 6.07. The van der Waals surface area contributed by atoms with Gasteiger partial charge < -0.3 is 10.6 Å². The minimum absolute atomic E-state index is 0.145. The molecular weight excluding hydrogens is 372 g/mol. The van der Waals surface area contributed by atoms with Gasteiger partial charge in [-0.3, -0.25) is 9.59 Å². The average Bonchev–Trinajstić information content (AvgIpc) is 2.70. The number of halogens is 1. The topological polar surface area (TPSA) is 58.2 Å². The van der Waals surface area contributed by atoms with Crippen LogP contribution in [-0.2, 0) is 4.79 Å². The first-order valence-corrected chi connectivity index (χ1v) is 9.11. The minimum Gasteiger partial charge on any atom is -0.321 e. The van der Waals surface area contributed by atoms with E-state index in [1.807, 2.05) is 49.4 Å². The van der Waals surface area contributed by atoms with Gasteiger partial charge in [0, 0.05) is 16.3 Å². The third-order valence-corrected chi connectivity index (χ3v) is 4.27. The molecular formula is C23H19ClN2O2. The molecule has 0 saturated heterocycles. The molecule has 2 amide bonds.